The van der Waals surface area contributed by atoms with Gasteiger partial charge in [-0.2, -0.15) is 0 Å². The molecular weight excluding hydrogens is 272 g/mol. The number of carbonyl (C=O) groups is 2. The molecule has 92 valence electrons. The number of likely N-dealkylation sites (tertiary alicyclic amines) is 1. The van der Waals surface area contributed by atoms with Crippen molar-refractivity contribution in [2.75, 3.05) is 19.6 Å². The first-order valence-corrected chi connectivity index (χ1v) is 6.62. The number of halogens is 1. The van der Waals surface area contributed by atoms with Crippen molar-refractivity contribution in [2.24, 2.45) is 5.92 Å². The average molecular weight is 291 g/mol. The molecule has 5 heteroatoms. The molecule has 2 amide bonds. The summed E-state index contributed by atoms with van der Waals surface area (Å²) in [6.45, 7) is 5.63. The predicted molar refractivity (Wildman–Crippen MR) is 66.4 cm³/mol. The third-order valence-electron chi connectivity index (χ3n) is 2.51. The zero-order valence-electron chi connectivity index (χ0n) is 9.83. The Labute approximate surface area is 105 Å². The zero-order valence-corrected chi connectivity index (χ0v) is 11.4. The Balaban J connectivity index is 2.35. The van der Waals surface area contributed by atoms with Crippen LogP contribution in [0.25, 0.3) is 0 Å². The summed E-state index contributed by atoms with van der Waals surface area (Å²) in [4.78, 5) is 24.8. The maximum Gasteiger partial charge on any atom is 0.239 e. The van der Waals surface area contributed by atoms with Crippen molar-refractivity contribution < 1.29 is 9.59 Å². The number of amides is 2. The highest BCUT2D eigenvalue weighted by molar-refractivity contribution is 9.10. The van der Waals surface area contributed by atoms with Crippen LogP contribution in [-0.4, -0.2) is 41.2 Å². The van der Waals surface area contributed by atoms with Gasteiger partial charge in [-0.25, -0.2) is 0 Å². The quantitative estimate of drug-likeness (QED) is 0.790. The van der Waals surface area contributed by atoms with Crippen LogP contribution in [0.1, 0.15) is 26.7 Å². The first-order chi connectivity index (χ1) is 7.50. The Morgan fingerprint density at radius 1 is 1.62 bits per heavy atom. The standard InChI is InChI=1S/C11H19BrN2O2/c1-8(2)6-13-10(15)7-14-5-3-4-9(12)11(14)16/h8-9H,3-7H2,1-2H3,(H,13,15). The lowest BCUT2D eigenvalue weighted by Crippen LogP contribution is -2.47. The van der Waals surface area contributed by atoms with E-state index in [4.69, 9.17) is 0 Å². The summed E-state index contributed by atoms with van der Waals surface area (Å²) in [6.07, 6.45) is 1.82. The summed E-state index contributed by atoms with van der Waals surface area (Å²) in [5.74, 6) is 0.402. The van der Waals surface area contributed by atoms with Gasteiger partial charge >= 0.3 is 0 Å². The normalized spacial score (nSPS) is 21.4. The molecule has 1 fully saturated rings. The molecule has 1 heterocycles. The molecule has 0 aromatic carbocycles. The SMILES string of the molecule is CC(C)CNC(=O)CN1CCCC(Br)C1=O. The van der Waals surface area contributed by atoms with Crippen molar-refractivity contribution >= 4 is 27.7 Å². The average Bonchev–Trinajstić information content (AvgIpc) is 2.22. The topological polar surface area (TPSA) is 49.4 Å². The minimum Gasteiger partial charge on any atom is -0.354 e. The van der Waals surface area contributed by atoms with Crippen LogP contribution in [0.15, 0.2) is 0 Å². The van der Waals surface area contributed by atoms with Gasteiger partial charge in [0, 0.05) is 13.1 Å². The van der Waals surface area contributed by atoms with Gasteiger partial charge < -0.3 is 10.2 Å². The van der Waals surface area contributed by atoms with E-state index in [1.165, 1.54) is 0 Å². The third-order valence-corrected chi connectivity index (χ3v) is 3.36. The second-order valence-electron chi connectivity index (χ2n) is 4.57. The second-order valence-corrected chi connectivity index (χ2v) is 5.67. The fourth-order valence-electron chi connectivity index (χ4n) is 1.60. The van der Waals surface area contributed by atoms with Crippen molar-refractivity contribution in [3.8, 4) is 0 Å². The molecule has 0 radical (unpaired) electrons. The van der Waals surface area contributed by atoms with Crippen LogP contribution < -0.4 is 5.32 Å². The third kappa shape index (κ3) is 4.12. The van der Waals surface area contributed by atoms with Gasteiger partial charge in [0.1, 0.15) is 0 Å². The fourth-order valence-corrected chi connectivity index (χ4v) is 2.21. The number of hydrogen-bond acceptors (Lipinski definition) is 2. The Kier molecular flexibility index (Phi) is 5.25. The fraction of sp³-hybridized carbons (Fsp3) is 0.818. The number of nitrogens with zero attached hydrogens (tertiary/aromatic N) is 1. The highest BCUT2D eigenvalue weighted by Crippen LogP contribution is 2.17. The van der Waals surface area contributed by atoms with E-state index >= 15 is 0 Å². The van der Waals surface area contributed by atoms with Crippen molar-refractivity contribution in [1.82, 2.24) is 10.2 Å². The maximum atomic E-state index is 11.7. The van der Waals surface area contributed by atoms with Gasteiger partial charge in [0.05, 0.1) is 11.4 Å². The molecule has 0 aromatic heterocycles. The van der Waals surface area contributed by atoms with Gasteiger partial charge in [-0.15, -0.1) is 0 Å². The summed E-state index contributed by atoms with van der Waals surface area (Å²) < 4.78 is 0. The largest absolute Gasteiger partial charge is 0.354 e. The molecule has 16 heavy (non-hydrogen) atoms. The summed E-state index contributed by atoms with van der Waals surface area (Å²) >= 11 is 3.32. The predicted octanol–water partition coefficient (Wildman–Crippen LogP) is 1.14. The molecule has 0 bridgehead atoms. The monoisotopic (exact) mass is 290 g/mol. The van der Waals surface area contributed by atoms with Crippen LogP contribution in [0, 0.1) is 5.92 Å². The van der Waals surface area contributed by atoms with Crippen LogP contribution in [-0.2, 0) is 9.59 Å². The first-order valence-electron chi connectivity index (χ1n) is 5.70. The summed E-state index contributed by atoms with van der Waals surface area (Å²) in [7, 11) is 0. The smallest absolute Gasteiger partial charge is 0.239 e. The van der Waals surface area contributed by atoms with Gasteiger partial charge in [0.25, 0.3) is 0 Å². The zero-order chi connectivity index (χ0) is 12.1. The number of alkyl halides is 1. The van der Waals surface area contributed by atoms with E-state index in [0.29, 0.717) is 19.0 Å². The number of rotatable bonds is 4. The van der Waals surface area contributed by atoms with Crippen molar-refractivity contribution in [1.29, 1.82) is 0 Å². The molecule has 1 N–H and O–H groups in total. The molecule has 1 unspecified atom stereocenters. The molecule has 0 saturated carbocycles. The van der Waals surface area contributed by atoms with Crippen LogP contribution in [0.5, 0.6) is 0 Å². The van der Waals surface area contributed by atoms with E-state index < -0.39 is 0 Å². The van der Waals surface area contributed by atoms with Crippen LogP contribution >= 0.6 is 15.9 Å². The van der Waals surface area contributed by atoms with Gasteiger partial charge in [0.2, 0.25) is 11.8 Å². The Bertz CT molecular complexity index is 269. The molecule has 1 aliphatic rings. The number of hydrogen-bond donors (Lipinski definition) is 1. The van der Waals surface area contributed by atoms with Gasteiger partial charge in [-0.05, 0) is 18.8 Å². The number of piperidine rings is 1. The summed E-state index contributed by atoms with van der Waals surface area (Å²) in [5, 5.41) is 2.82. The lowest BCUT2D eigenvalue weighted by molar-refractivity contribution is -0.137. The summed E-state index contributed by atoms with van der Waals surface area (Å²) in [5.41, 5.74) is 0. The molecule has 1 atom stereocenters. The van der Waals surface area contributed by atoms with E-state index in [9.17, 15) is 9.59 Å². The molecule has 1 aliphatic heterocycles. The number of nitrogens with one attached hydrogen (secondary N) is 1. The highest BCUT2D eigenvalue weighted by atomic mass is 79.9. The van der Waals surface area contributed by atoms with Crippen LogP contribution in [0.2, 0.25) is 0 Å². The van der Waals surface area contributed by atoms with E-state index in [0.717, 1.165) is 12.8 Å². The van der Waals surface area contributed by atoms with E-state index in [2.05, 4.69) is 21.2 Å². The molecule has 4 nitrogen and oxygen atoms in total. The minimum atomic E-state index is -0.112. The van der Waals surface area contributed by atoms with Gasteiger partial charge in [-0.3, -0.25) is 9.59 Å². The van der Waals surface area contributed by atoms with E-state index in [-0.39, 0.29) is 23.2 Å². The van der Waals surface area contributed by atoms with Crippen LogP contribution in [0.3, 0.4) is 0 Å². The first kappa shape index (κ1) is 13.5. The maximum absolute atomic E-state index is 11.7. The van der Waals surface area contributed by atoms with Crippen LogP contribution in [0.4, 0.5) is 0 Å². The Morgan fingerprint density at radius 2 is 2.31 bits per heavy atom. The summed E-state index contributed by atoms with van der Waals surface area (Å²) in [6, 6.07) is 0. The minimum absolute atomic E-state index is 0.0333. The van der Waals surface area contributed by atoms with Crippen molar-refractivity contribution in [3.05, 3.63) is 0 Å². The Morgan fingerprint density at radius 3 is 2.94 bits per heavy atom. The molecule has 0 spiro atoms. The van der Waals surface area contributed by atoms with E-state index in [1.54, 1.807) is 4.90 Å². The van der Waals surface area contributed by atoms with E-state index in [1.807, 2.05) is 13.8 Å². The number of carbonyl (C=O) groups excluding carboxylic acids is 2. The van der Waals surface area contributed by atoms with Crippen molar-refractivity contribution in [3.63, 3.8) is 0 Å². The second kappa shape index (κ2) is 6.23. The van der Waals surface area contributed by atoms with Gasteiger partial charge in [0.15, 0.2) is 0 Å². The van der Waals surface area contributed by atoms with Crippen molar-refractivity contribution in [2.45, 2.75) is 31.5 Å². The molecule has 0 aromatic rings. The molecule has 1 rings (SSSR count). The lowest BCUT2D eigenvalue weighted by Gasteiger charge is -2.29. The molecule has 0 aliphatic carbocycles. The molecule has 1 saturated heterocycles. The lowest BCUT2D eigenvalue weighted by atomic mass is 10.1. The van der Waals surface area contributed by atoms with Gasteiger partial charge in [-0.1, -0.05) is 29.8 Å². The Hall–Kier alpha value is -0.580. The highest BCUT2D eigenvalue weighted by Gasteiger charge is 2.27. The molecular formula is C11H19BrN2O2.